The SMILES string of the molecule is Cc1cc(C)c2cc(CN(Cc3cccnc3)S(=O)(=O)c3ccccc3Cl)c(=O)[nH]c2c1. The van der Waals surface area contributed by atoms with Gasteiger partial charge in [-0.25, -0.2) is 8.42 Å². The maximum atomic E-state index is 13.6. The molecule has 2 aromatic heterocycles. The number of fused-ring (bicyclic) bond motifs is 1. The van der Waals surface area contributed by atoms with E-state index in [1.54, 1.807) is 42.7 Å². The minimum Gasteiger partial charge on any atom is -0.322 e. The molecule has 0 saturated carbocycles. The molecule has 4 aromatic rings. The number of hydrogen-bond acceptors (Lipinski definition) is 4. The zero-order chi connectivity index (χ0) is 22.9. The van der Waals surface area contributed by atoms with Gasteiger partial charge in [0, 0.05) is 41.9 Å². The second-order valence-electron chi connectivity index (χ2n) is 7.73. The van der Waals surface area contributed by atoms with Gasteiger partial charge in [0.25, 0.3) is 5.56 Å². The lowest BCUT2D eigenvalue weighted by molar-refractivity contribution is 0.399. The molecule has 2 heterocycles. The molecule has 0 amide bonds. The van der Waals surface area contributed by atoms with Gasteiger partial charge in [-0.3, -0.25) is 9.78 Å². The maximum Gasteiger partial charge on any atom is 0.252 e. The predicted molar refractivity (Wildman–Crippen MR) is 126 cm³/mol. The van der Waals surface area contributed by atoms with Crippen molar-refractivity contribution in [2.24, 2.45) is 0 Å². The molecule has 4 rings (SSSR count). The third kappa shape index (κ3) is 4.46. The Kier molecular flexibility index (Phi) is 6.15. The topological polar surface area (TPSA) is 83.1 Å². The monoisotopic (exact) mass is 467 g/mol. The normalized spacial score (nSPS) is 11.9. The van der Waals surface area contributed by atoms with Gasteiger partial charge in [-0.1, -0.05) is 35.9 Å². The third-order valence-corrected chi connectivity index (χ3v) is 7.56. The van der Waals surface area contributed by atoms with E-state index in [4.69, 9.17) is 11.6 Å². The third-order valence-electron chi connectivity index (χ3n) is 5.27. The van der Waals surface area contributed by atoms with Gasteiger partial charge in [0.05, 0.1) is 5.02 Å². The second-order valence-corrected chi connectivity index (χ2v) is 10.0. The fourth-order valence-electron chi connectivity index (χ4n) is 3.74. The van der Waals surface area contributed by atoms with Crippen molar-refractivity contribution in [1.29, 1.82) is 0 Å². The lowest BCUT2D eigenvalue weighted by Crippen LogP contribution is -2.32. The summed E-state index contributed by atoms with van der Waals surface area (Å²) in [6.07, 6.45) is 3.22. The van der Waals surface area contributed by atoms with Crippen LogP contribution in [0.1, 0.15) is 22.3 Å². The van der Waals surface area contributed by atoms with Gasteiger partial charge >= 0.3 is 0 Å². The van der Waals surface area contributed by atoms with Crippen LogP contribution in [0.25, 0.3) is 10.9 Å². The Hall–Kier alpha value is -3.00. The molecule has 0 fully saturated rings. The molecule has 0 aliphatic rings. The summed E-state index contributed by atoms with van der Waals surface area (Å²) in [7, 11) is -3.99. The standard InChI is InChI=1S/C24H22ClN3O3S/c1-16-10-17(2)20-12-19(24(29)27-22(20)11-16)15-28(14-18-6-5-9-26-13-18)32(30,31)23-8-4-3-7-21(23)25/h3-13H,14-15H2,1-2H3,(H,27,29). The van der Waals surface area contributed by atoms with Crippen LogP contribution >= 0.6 is 11.6 Å². The van der Waals surface area contributed by atoms with Gasteiger partial charge in [0.15, 0.2) is 0 Å². The van der Waals surface area contributed by atoms with E-state index >= 15 is 0 Å². The predicted octanol–water partition coefficient (Wildman–Crippen LogP) is 4.58. The van der Waals surface area contributed by atoms with Crippen molar-refractivity contribution < 1.29 is 8.42 Å². The van der Waals surface area contributed by atoms with Crippen LogP contribution in [0.4, 0.5) is 0 Å². The molecule has 6 nitrogen and oxygen atoms in total. The Morgan fingerprint density at radius 2 is 1.81 bits per heavy atom. The van der Waals surface area contributed by atoms with Crippen molar-refractivity contribution in [1.82, 2.24) is 14.3 Å². The highest BCUT2D eigenvalue weighted by Gasteiger charge is 2.28. The van der Waals surface area contributed by atoms with Crippen molar-refractivity contribution in [3.8, 4) is 0 Å². The average molecular weight is 468 g/mol. The first-order chi connectivity index (χ1) is 15.3. The van der Waals surface area contributed by atoms with Gasteiger partial charge in [0.1, 0.15) is 4.90 Å². The molecule has 0 aliphatic carbocycles. The smallest absolute Gasteiger partial charge is 0.252 e. The van der Waals surface area contributed by atoms with E-state index in [9.17, 15) is 13.2 Å². The van der Waals surface area contributed by atoms with Crippen molar-refractivity contribution in [3.05, 3.63) is 105 Å². The maximum absolute atomic E-state index is 13.6. The van der Waals surface area contributed by atoms with Gasteiger partial charge in [-0.2, -0.15) is 4.31 Å². The van der Waals surface area contributed by atoms with E-state index in [-0.39, 0.29) is 28.6 Å². The summed E-state index contributed by atoms with van der Waals surface area (Å²) in [5.41, 5.74) is 3.50. The molecule has 0 spiro atoms. The molecule has 2 aromatic carbocycles. The fourth-order valence-corrected chi connectivity index (χ4v) is 5.64. The van der Waals surface area contributed by atoms with Crippen LogP contribution in [0.2, 0.25) is 5.02 Å². The zero-order valence-electron chi connectivity index (χ0n) is 17.7. The Morgan fingerprint density at radius 1 is 1.03 bits per heavy atom. The van der Waals surface area contributed by atoms with Crippen molar-refractivity contribution in [3.63, 3.8) is 0 Å². The summed E-state index contributed by atoms with van der Waals surface area (Å²) < 4.78 is 28.4. The summed E-state index contributed by atoms with van der Waals surface area (Å²) in [5.74, 6) is 0. The largest absolute Gasteiger partial charge is 0.322 e. The summed E-state index contributed by atoms with van der Waals surface area (Å²) in [6, 6.07) is 15.5. The number of pyridine rings is 2. The summed E-state index contributed by atoms with van der Waals surface area (Å²) in [4.78, 5) is 19.8. The van der Waals surface area contributed by atoms with Crippen LogP contribution in [0.5, 0.6) is 0 Å². The Balaban J connectivity index is 1.82. The van der Waals surface area contributed by atoms with Gasteiger partial charge in [-0.05, 0) is 60.9 Å². The first-order valence-corrected chi connectivity index (χ1v) is 11.8. The number of aryl methyl sites for hydroxylation is 2. The van der Waals surface area contributed by atoms with Crippen LogP contribution in [0, 0.1) is 13.8 Å². The minimum atomic E-state index is -3.99. The first kappa shape index (κ1) is 22.2. The molecule has 0 unspecified atom stereocenters. The molecule has 0 aliphatic heterocycles. The van der Waals surface area contributed by atoms with Crippen molar-refractivity contribution in [2.75, 3.05) is 0 Å². The Labute approximate surface area is 191 Å². The van der Waals surface area contributed by atoms with E-state index in [0.29, 0.717) is 11.1 Å². The Morgan fingerprint density at radius 3 is 2.53 bits per heavy atom. The summed E-state index contributed by atoms with van der Waals surface area (Å²) in [6.45, 7) is 3.86. The van der Waals surface area contributed by atoms with Gasteiger partial charge in [0.2, 0.25) is 10.0 Å². The van der Waals surface area contributed by atoms with Crippen LogP contribution < -0.4 is 5.56 Å². The number of H-pyrrole nitrogens is 1. The number of aromatic nitrogens is 2. The lowest BCUT2D eigenvalue weighted by atomic mass is 10.0. The number of nitrogens with one attached hydrogen (secondary N) is 1. The van der Waals surface area contributed by atoms with Gasteiger partial charge < -0.3 is 4.98 Å². The molecule has 0 saturated heterocycles. The van der Waals surface area contributed by atoms with E-state index in [1.807, 2.05) is 26.0 Å². The van der Waals surface area contributed by atoms with Gasteiger partial charge in [-0.15, -0.1) is 0 Å². The lowest BCUT2D eigenvalue weighted by Gasteiger charge is -2.23. The number of sulfonamides is 1. The molecule has 164 valence electrons. The summed E-state index contributed by atoms with van der Waals surface area (Å²) >= 11 is 6.22. The highest BCUT2D eigenvalue weighted by molar-refractivity contribution is 7.89. The van der Waals surface area contributed by atoms with E-state index in [1.165, 1.54) is 16.4 Å². The van der Waals surface area contributed by atoms with Crippen molar-refractivity contribution in [2.45, 2.75) is 31.8 Å². The molecule has 8 heteroatoms. The number of benzene rings is 2. The zero-order valence-corrected chi connectivity index (χ0v) is 19.2. The van der Waals surface area contributed by atoms with E-state index < -0.39 is 10.0 Å². The van der Waals surface area contributed by atoms with Crippen LogP contribution in [-0.2, 0) is 23.1 Å². The van der Waals surface area contributed by atoms with Crippen LogP contribution in [-0.4, -0.2) is 22.7 Å². The van der Waals surface area contributed by atoms with E-state index in [2.05, 4.69) is 9.97 Å². The number of aromatic amines is 1. The van der Waals surface area contributed by atoms with Crippen LogP contribution in [0.3, 0.4) is 0 Å². The minimum absolute atomic E-state index is 0.00502. The molecular weight excluding hydrogens is 446 g/mol. The van der Waals surface area contributed by atoms with E-state index in [0.717, 1.165) is 22.0 Å². The van der Waals surface area contributed by atoms with Crippen LogP contribution in [0.15, 0.2) is 76.7 Å². The molecule has 32 heavy (non-hydrogen) atoms. The molecular formula is C24H22ClN3O3S. The quantitative estimate of drug-likeness (QED) is 0.449. The number of rotatable bonds is 6. The average Bonchev–Trinajstić information content (AvgIpc) is 2.75. The number of halogens is 1. The highest BCUT2D eigenvalue weighted by atomic mass is 35.5. The first-order valence-electron chi connectivity index (χ1n) is 10.0. The number of nitrogens with zero attached hydrogens (tertiary/aromatic N) is 2. The van der Waals surface area contributed by atoms with Crippen molar-refractivity contribution >= 4 is 32.5 Å². The molecule has 1 N–H and O–H groups in total. The second kappa shape index (κ2) is 8.86. The summed E-state index contributed by atoms with van der Waals surface area (Å²) in [5, 5.41) is 1.00. The Bertz CT molecular complexity index is 1450. The molecule has 0 radical (unpaired) electrons. The highest BCUT2D eigenvalue weighted by Crippen LogP contribution is 2.27. The fraction of sp³-hybridized carbons (Fsp3) is 0.167. The number of hydrogen-bond donors (Lipinski definition) is 1. The molecule has 0 atom stereocenters. The molecule has 0 bridgehead atoms.